The first kappa shape index (κ1) is 9.00. The SMILES string of the molecule is CC1(C)CC1Nc1cncc(Br)c1. The number of hydrogen-bond acceptors (Lipinski definition) is 2. The molecule has 2 nitrogen and oxygen atoms in total. The second-order valence-electron chi connectivity index (χ2n) is 4.28. The minimum absolute atomic E-state index is 0.461. The van der Waals surface area contributed by atoms with Gasteiger partial charge in [0, 0.05) is 16.7 Å². The van der Waals surface area contributed by atoms with Crippen molar-refractivity contribution in [3.05, 3.63) is 22.9 Å². The van der Waals surface area contributed by atoms with Gasteiger partial charge in [0.05, 0.1) is 11.9 Å². The van der Waals surface area contributed by atoms with Gasteiger partial charge in [0.2, 0.25) is 0 Å². The highest BCUT2D eigenvalue weighted by Gasteiger charge is 2.45. The summed E-state index contributed by atoms with van der Waals surface area (Å²) in [5.41, 5.74) is 1.56. The molecule has 1 atom stereocenters. The molecule has 1 saturated carbocycles. The minimum Gasteiger partial charge on any atom is -0.380 e. The third-order valence-electron chi connectivity index (χ3n) is 2.56. The van der Waals surface area contributed by atoms with E-state index in [1.165, 1.54) is 6.42 Å². The number of nitrogens with one attached hydrogen (secondary N) is 1. The van der Waals surface area contributed by atoms with Crippen molar-refractivity contribution >= 4 is 21.6 Å². The van der Waals surface area contributed by atoms with Gasteiger partial charge in [-0.2, -0.15) is 0 Å². The average Bonchev–Trinajstić information content (AvgIpc) is 2.58. The van der Waals surface area contributed by atoms with Crippen LogP contribution in [0.25, 0.3) is 0 Å². The highest BCUT2D eigenvalue weighted by molar-refractivity contribution is 9.10. The minimum atomic E-state index is 0.461. The molecule has 1 aromatic rings. The van der Waals surface area contributed by atoms with Gasteiger partial charge in [-0.25, -0.2) is 0 Å². The van der Waals surface area contributed by atoms with Crippen LogP contribution in [0.4, 0.5) is 5.69 Å². The fraction of sp³-hybridized carbons (Fsp3) is 0.500. The van der Waals surface area contributed by atoms with Crippen LogP contribution in [0.15, 0.2) is 22.9 Å². The van der Waals surface area contributed by atoms with Gasteiger partial charge < -0.3 is 5.32 Å². The van der Waals surface area contributed by atoms with Crippen molar-refractivity contribution in [2.24, 2.45) is 5.41 Å². The van der Waals surface area contributed by atoms with Gasteiger partial charge in [-0.1, -0.05) is 13.8 Å². The predicted molar refractivity (Wildman–Crippen MR) is 57.7 cm³/mol. The molecule has 70 valence electrons. The van der Waals surface area contributed by atoms with E-state index in [2.05, 4.69) is 46.1 Å². The van der Waals surface area contributed by atoms with Crippen molar-refractivity contribution in [1.29, 1.82) is 0 Å². The Bertz CT molecular complexity index is 322. The Morgan fingerprint density at radius 2 is 2.23 bits per heavy atom. The van der Waals surface area contributed by atoms with Crippen molar-refractivity contribution in [2.75, 3.05) is 5.32 Å². The topological polar surface area (TPSA) is 24.9 Å². The summed E-state index contributed by atoms with van der Waals surface area (Å²) in [6.07, 6.45) is 4.90. The number of halogens is 1. The van der Waals surface area contributed by atoms with E-state index in [9.17, 15) is 0 Å². The summed E-state index contributed by atoms with van der Waals surface area (Å²) in [6.45, 7) is 4.55. The molecule has 0 radical (unpaired) electrons. The maximum atomic E-state index is 4.10. The summed E-state index contributed by atoms with van der Waals surface area (Å²) in [7, 11) is 0. The van der Waals surface area contributed by atoms with Gasteiger partial charge in [-0.15, -0.1) is 0 Å². The average molecular weight is 241 g/mol. The zero-order valence-electron chi connectivity index (χ0n) is 7.84. The lowest BCUT2D eigenvalue weighted by molar-refractivity contribution is 0.630. The van der Waals surface area contributed by atoms with E-state index < -0.39 is 0 Å². The first-order valence-electron chi connectivity index (χ1n) is 4.45. The van der Waals surface area contributed by atoms with Gasteiger partial charge >= 0.3 is 0 Å². The molecule has 0 bridgehead atoms. The van der Waals surface area contributed by atoms with Crippen LogP contribution < -0.4 is 5.32 Å². The molecule has 1 aliphatic rings. The quantitative estimate of drug-likeness (QED) is 0.860. The van der Waals surface area contributed by atoms with Crippen molar-refractivity contribution in [3.63, 3.8) is 0 Å². The number of pyridine rings is 1. The Balaban J connectivity index is 2.03. The molecular weight excluding hydrogens is 228 g/mol. The van der Waals surface area contributed by atoms with Gasteiger partial charge in [-0.3, -0.25) is 4.98 Å². The molecule has 1 fully saturated rings. The lowest BCUT2D eigenvalue weighted by Crippen LogP contribution is -2.08. The van der Waals surface area contributed by atoms with Crippen LogP contribution in [-0.4, -0.2) is 11.0 Å². The molecule has 0 spiro atoms. The van der Waals surface area contributed by atoms with Gasteiger partial charge in [0.25, 0.3) is 0 Å². The van der Waals surface area contributed by atoms with Crippen LogP contribution in [-0.2, 0) is 0 Å². The summed E-state index contributed by atoms with van der Waals surface area (Å²) >= 11 is 3.40. The maximum absolute atomic E-state index is 4.10. The number of rotatable bonds is 2. The first-order valence-corrected chi connectivity index (χ1v) is 5.24. The molecular formula is C10H13BrN2. The first-order chi connectivity index (χ1) is 6.08. The Morgan fingerprint density at radius 3 is 2.77 bits per heavy atom. The Kier molecular flexibility index (Phi) is 2.06. The third kappa shape index (κ3) is 2.02. The molecule has 0 aliphatic heterocycles. The molecule has 0 amide bonds. The number of nitrogens with zero attached hydrogens (tertiary/aromatic N) is 1. The van der Waals surface area contributed by atoms with E-state index in [1.54, 1.807) is 6.20 Å². The predicted octanol–water partition coefficient (Wildman–Crippen LogP) is 3.05. The Hall–Kier alpha value is -0.570. The largest absolute Gasteiger partial charge is 0.380 e. The lowest BCUT2D eigenvalue weighted by atomic mass is 10.2. The highest BCUT2D eigenvalue weighted by atomic mass is 79.9. The fourth-order valence-corrected chi connectivity index (χ4v) is 1.77. The van der Waals surface area contributed by atoms with Crippen molar-refractivity contribution in [3.8, 4) is 0 Å². The molecule has 0 saturated heterocycles. The van der Waals surface area contributed by atoms with E-state index in [0.29, 0.717) is 11.5 Å². The fourth-order valence-electron chi connectivity index (χ4n) is 1.41. The van der Waals surface area contributed by atoms with E-state index in [1.807, 2.05) is 6.20 Å². The Morgan fingerprint density at radius 1 is 1.54 bits per heavy atom. The van der Waals surface area contributed by atoms with Crippen molar-refractivity contribution in [1.82, 2.24) is 4.98 Å². The number of anilines is 1. The van der Waals surface area contributed by atoms with E-state index in [0.717, 1.165) is 10.2 Å². The Labute approximate surface area is 86.9 Å². The smallest absolute Gasteiger partial charge is 0.0540 e. The van der Waals surface area contributed by atoms with Crippen LogP contribution in [0, 0.1) is 5.41 Å². The van der Waals surface area contributed by atoms with Crippen LogP contribution in [0.3, 0.4) is 0 Å². The van der Waals surface area contributed by atoms with Crippen molar-refractivity contribution < 1.29 is 0 Å². The molecule has 3 heteroatoms. The van der Waals surface area contributed by atoms with E-state index in [-0.39, 0.29) is 0 Å². The summed E-state index contributed by atoms with van der Waals surface area (Å²) in [4.78, 5) is 4.10. The standard InChI is InChI=1S/C10H13BrN2/c1-10(2)4-9(10)13-8-3-7(11)5-12-6-8/h3,5-6,9,13H,4H2,1-2H3. The highest BCUT2D eigenvalue weighted by Crippen LogP contribution is 2.46. The van der Waals surface area contributed by atoms with Crippen LogP contribution in [0.2, 0.25) is 0 Å². The van der Waals surface area contributed by atoms with Crippen LogP contribution in [0.1, 0.15) is 20.3 Å². The van der Waals surface area contributed by atoms with Crippen LogP contribution in [0.5, 0.6) is 0 Å². The van der Waals surface area contributed by atoms with Gasteiger partial charge in [-0.05, 0) is 33.8 Å². The van der Waals surface area contributed by atoms with E-state index in [4.69, 9.17) is 0 Å². The summed E-state index contributed by atoms with van der Waals surface area (Å²) < 4.78 is 1.02. The third-order valence-corrected chi connectivity index (χ3v) is 2.99. The van der Waals surface area contributed by atoms with Gasteiger partial charge in [0.15, 0.2) is 0 Å². The summed E-state index contributed by atoms with van der Waals surface area (Å²) in [5.74, 6) is 0. The zero-order chi connectivity index (χ0) is 9.47. The molecule has 1 unspecified atom stereocenters. The number of hydrogen-bond donors (Lipinski definition) is 1. The molecule has 1 aliphatic carbocycles. The normalized spacial score (nSPS) is 24.1. The molecule has 1 heterocycles. The molecule has 1 N–H and O–H groups in total. The van der Waals surface area contributed by atoms with Crippen molar-refractivity contribution in [2.45, 2.75) is 26.3 Å². The zero-order valence-corrected chi connectivity index (χ0v) is 9.43. The second kappa shape index (κ2) is 2.98. The summed E-state index contributed by atoms with van der Waals surface area (Å²) in [6, 6.07) is 2.67. The monoisotopic (exact) mass is 240 g/mol. The second-order valence-corrected chi connectivity index (χ2v) is 5.20. The maximum Gasteiger partial charge on any atom is 0.0540 e. The summed E-state index contributed by atoms with van der Waals surface area (Å²) in [5, 5.41) is 3.45. The molecule has 1 aromatic heterocycles. The van der Waals surface area contributed by atoms with Gasteiger partial charge in [0.1, 0.15) is 0 Å². The molecule has 2 rings (SSSR count). The number of aromatic nitrogens is 1. The molecule has 13 heavy (non-hydrogen) atoms. The lowest BCUT2D eigenvalue weighted by Gasteiger charge is -2.07. The van der Waals surface area contributed by atoms with E-state index >= 15 is 0 Å². The molecule has 0 aromatic carbocycles. The van der Waals surface area contributed by atoms with Crippen LogP contribution >= 0.6 is 15.9 Å².